The van der Waals surface area contributed by atoms with Gasteiger partial charge in [-0.15, -0.1) is 6.58 Å². The van der Waals surface area contributed by atoms with Crippen molar-refractivity contribution in [2.24, 2.45) is 11.3 Å². The first-order valence-corrected chi connectivity index (χ1v) is 7.66. The Balaban J connectivity index is 0.00000180. The monoisotopic (exact) mass is 263 g/mol. The molecule has 2 fully saturated rings. The lowest BCUT2D eigenvalue weighted by Crippen LogP contribution is -2.36. The maximum atomic E-state index is 4.10. The fourth-order valence-corrected chi connectivity index (χ4v) is 3.64. The van der Waals surface area contributed by atoms with Gasteiger partial charge in [0.2, 0.25) is 0 Å². The zero-order chi connectivity index (χ0) is 13.0. The Morgan fingerprint density at radius 3 is 2.42 bits per heavy atom. The highest BCUT2D eigenvalue weighted by atomic mass is 14.9. The van der Waals surface area contributed by atoms with Crippen LogP contribution in [0, 0.1) is 11.3 Å². The molecule has 110 valence electrons. The largest absolute Gasteiger partial charge is 0.317 e. The SMILES string of the molecule is C.C=CC(CC1(C)CCNCC1)C(C)=C1CCCC1. The van der Waals surface area contributed by atoms with Crippen LogP contribution in [0.15, 0.2) is 23.8 Å². The van der Waals surface area contributed by atoms with Crippen molar-refractivity contribution in [3.63, 3.8) is 0 Å². The summed E-state index contributed by atoms with van der Waals surface area (Å²) in [6.07, 6.45) is 11.6. The zero-order valence-electron chi connectivity index (χ0n) is 12.2. The third kappa shape index (κ3) is 4.21. The molecule has 0 aromatic heterocycles. The van der Waals surface area contributed by atoms with Gasteiger partial charge in [0.05, 0.1) is 0 Å². The molecule has 1 saturated heterocycles. The highest BCUT2D eigenvalue weighted by molar-refractivity contribution is 5.21. The van der Waals surface area contributed by atoms with Crippen LogP contribution in [0.1, 0.15) is 66.2 Å². The van der Waals surface area contributed by atoms with Crippen LogP contribution in [0.4, 0.5) is 0 Å². The highest BCUT2D eigenvalue weighted by Gasteiger charge is 2.30. The zero-order valence-corrected chi connectivity index (χ0v) is 12.2. The van der Waals surface area contributed by atoms with Gasteiger partial charge in [-0.1, -0.05) is 31.6 Å². The van der Waals surface area contributed by atoms with E-state index in [4.69, 9.17) is 0 Å². The van der Waals surface area contributed by atoms with E-state index in [1.807, 2.05) is 0 Å². The highest BCUT2D eigenvalue weighted by Crippen LogP contribution is 2.40. The normalized spacial score (nSPS) is 23.6. The molecule has 1 heteroatoms. The number of hydrogen-bond acceptors (Lipinski definition) is 1. The van der Waals surface area contributed by atoms with Crippen molar-refractivity contribution in [1.82, 2.24) is 5.32 Å². The summed E-state index contributed by atoms with van der Waals surface area (Å²) < 4.78 is 0. The van der Waals surface area contributed by atoms with Gasteiger partial charge in [-0.2, -0.15) is 0 Å². The van der Waals surface area contributed by atoms with Gasteiger partial charge in [-0.25, -0.2) is 0 Å². The van der Waals surface area contributed by atoms with Crippen molar-refractivity contribution >= 4 is 0 Å². The van der Waals surface area contributed by atoms with Gasteiger partial charge in [-0.3, -0.25) is 0 Å². The number of hydrogen-bond donors (Lipinski definition) is 1. The second-order valence-corrected chi connectivity index (χ2v) is 6.60. The average molecular weight is 263 g/mol. The molecule has 1 aliphatic heterocycles. The van der Waals surface area contributed by atoms with Gasteiger partial charge < -0.3 is 5.32 Å². The summed E-state index contributed by atoms with van der Waals surface area (Å²) in [7, 11) is 0. The lowest BCUT2D eigenvalue weighted by Gasteiger charge is -2.37. The first-order valence-electron chi connectivity index (χ1n) is 7.66. The Bertz CT molecular complexity index is 313. The molecule has 0 spiro atoms. The van der Waals surface area contributed by atoms with E-state index >= 15 is 0 Å². The van der Waals surface area contributed by atoms with Crippen LogP contribution in [-0.2, 0) is 0 Å². The molecule has 0 aromatic rings. The van der Waals surface area contributed by atoms with Crippen LogP contribution in [0.2, 0.25) is 0 Å². The van der Waals surface area contributed by atoms with Gasteiger partial charge in [-0.05, 0) is 76.3 Å². The van der Waals surface area contributed by atoms with E-state index in [0.717, 1.165) is 0 Å². The van der Waals surface area contributed by atoms with E-state index in [1.165, 1.54) is 58.0 Å². The Hall–Kier alpha value is -0.560. The number of nitrogens with one attached hydrogen (secondary N) is 1. The molecular weight excluding hydrogens is 230 g/mol. The molecule has 1 heterocycles. The molecule has 0 radical (unpaired) electrons. The minimum absolute atomic E-state index is 0. The van der Waals surface area contributed by atoms with Gasteiger partial charge in [0.25, 0.3) is 0 Å². The van der Waals surface area contributed by atoms with Gasteiger partial charge in [0.15, 0.2) is 0 Å². The standard InChI is InChI=1S/C17H29N.CH4/c1-4-15(14(2)16-7-5-6-8-16)13-17(3)9-11-18-12-10-17;/h4,15,18H,1,5-13H2,2-3H3;1H4. The Kier molecular flexibility index (Phi) is 6.32. The molecule has 2 aliphatic rings. The lowest BCUT2D eigenvalue weighted by molar-refractivity contribution is 0.196. The predicted molar refractivity (Wildman–Crippen MR) is 86.4 cm³/mol. The third-order valence-electron chi connectivity index (χ3n) is 5.13. The minimum Gasteiger partial charge on any atom is -0.317 e. The second-order valence-electron chi connectivity index (χ2n) is 6.60. The van der Waals surface area contributed by atoms with Gasteiger partial charge in [0, 0.05) is 0 Å². The Labute approximate surface area is 120 Å². The van der Waals surface area contributed by atoms with Crippen molar-refractivity contribution in [2.45, 2.75) is 66.2 Å². The van der Waals surface area contributed by atoms with E-state index < -0.39 is 0 Å². The van der Waals surface area contributed by atoms with Crippen LogP contribution in [0.5, 0.6) is 0 Å². The van der Waals surface area contributed by atoms with Crippen molar-refractivity contribution in [1.29, 1.82) is 0 Å². The molecule has 0 amide bonds. The Morgan fingerprint density at radius 1 is 1.32 bits per heavy atom. The molecule has 1 aliphatic carbocycles. The minimum atomic E-state index is 0. The second kappa shape index (κ2) is 7.28. The number of piperidine rings is 1. The molecule has 1 atom stereocenters. The van der Waals surface area contributed by atoms with Crippen LogP contribution in [0.25, 0.3) is 0 Å². The van der Waals surface area contributed by atoms with Crippen LogP contribution in [-0.4, -0.2) is 13.1 Å². The van der Waals surface area contributed by atoms with E-state index in [1.54, 1.807) is 11.1 Å². The summed E-state index contributed by atoms with van der Waals surface area (Å²) in [6.45, 7) is 11.3. The van der Waals surface area contributed by atoms with E-state index in [9.17, 15) is 0 Å². The molecule has 19 heavy (non-hydrogen) atoms. The molecular formula is C18H33N. The number of rotatable bonds is 4. The average Bonchev–Trinajstić information content (AvgIpc) is 2.90. The molecule has 2 rings (SSSR count). The third-order valence-corrected chi connectivity index (χ3v) is 5.13. The maximum absolute atomic E-state index is 4.10. The summed E-state index contributed by atoms with van der Waals surface area (Å²) in [4.78, 5) is 0. The summed E-state index contributed by atoms with van der Waals surface area (Å²) >= 11 is 0. The van der Waals surface area contributed by atoms with Crippen molar-refractivity contribution in [3.05, 3.63) is 23.8 Å². The Morgan fingerprint density at radius 2 is 1.89 bits per heavy atom. The first-order chi connectivity index (χ1) is 8.64. The van der Waals surface area contributed by atoms with Crippen molar-refractivity contribution < 1.29 is 0 Å². The van der Waals surface area contributed by atoms with E-state index in [-0.39, 0.29) is 7.43 Å². The molecule has 1 nitrogen and oxygen atoms in total. The summed E-state index contributed by atoms with van der Waals surface area (Å²) in [5.74, 6) is 0.612. The molecule has 1 saturated carbocycles. The molecule has 0 bridgehead atoms. The van der Waals surface area contributed by atoms with E-state index in [0.29, 0.717) is 11.3 Å². The van der Waals surface area contributed by atoms with Gasteiger partial charge >= 0.3 is 0 Å². The fourth-order valence-electron chi connectivity index (χ4n) is 3.64. The molecule has 1 unspecified atom stereocenters. The van der Waals surface area contributed by atoms with Crippen molar-refractivity contribution in [2.75, 3.05) is 13.1 Å². The fraction of sp³-hybridized carbons (Fsp3) is 0.778. The smallest absolute Gasteiger partial charge is 0.00209 e. The molecule has 0 aromatic carbocycles. The van der Waals surface area contributed by atoms with Crippen molar-refractivity contribution in [3.8, 4) is 0 Å². The topological polar surface area (TPSA) is 12.0 Å². The summed E-state index contributed by atoms with van der Waals surface area (Å²) in [5, 5.41) is 3.48. The predicted octanol–water partition coefficient (Wildman–Crippen LogP) is 5.10. The number of allylic oxidation sites excluding steroid dienone is 3. The lowest BCUT2D eigenvalue weighted by atomic mass is 9.72. The van der Waals surface area contributed by atoms with E-state index in [2.05, 4.69) is 31.8 Å². The van der Waals surface area contributed by atoms with Crippen LogP contribution < -0.4 is 5.32 Å². The van der Waals surface area contributed by atoms with Crippen LogP contribution >= 0.6 is 0 Å². The maximum Gasteiger partial charge on any atom is -0.00209 e. The summed E-state index contributed by atoms with van der Waals surface area (Å²) in [5.41, 5.74) is 3.89. The van der Waals surface area contributed by atoms with Gasteiger partial charge in [0.1, 0.15) is 0 Å². The quantitative estimate of drug-likeness (QED) is 0.696. The van der Waals surface area contributed by atoms with Crippen LogP contribution in [0.3, 0.4) is 0 Å². The summed E-state index contributed by atoms with van der Waals surface area (Å²) in [6, 6.07) is 0. The first kappa shape index (κ1) is 16.5. The molecule has 1 N–H and O–H groups in total.